The molecule has 0 aliphatic carbocycles. The number of hydrogen-bond donors (Lipinski definition) is 2. The Bertz CT molecular complexity index is 1020. The summed E-state index contributed by atoms with van der Waals surface area (Å²) >= 11 is 0. The number of carboxylic acids is 1. The van der Waals surface area contributed by atoms with Gasteiger partial charge in [0.05, 0.1) is 33.0 Å². The van der Waals surface area contributed by atoms with E-state index >= 15 is 0 Å². The van der Waals surface area contributed by atoms with Gasteiger partial charge in [0.25, 0.3) is 5.56 Å². The monoisotopic (exact) mass is 419 g/mol. The van der Waals surface area contributed by atoms with Crippen molar-refractivity contribution in [3.63, 3.8) is 0 Å². The van der Waals surface area contributed by atoms with Crippen molar-refractivity contribution in [1.29, 1.82) is 0 Å². The summed E-state index contributed by atoms with van der Waals surface area (Å²) in [6, 6.07) is 5.34. The highest BCUT2D eigenvalue weighted by atomic mass is 16.5. The average Bonchev–Trinajstić information content (AvgIpc) is 2.75. The molecule has 10 nitrogen and oxygen atoms in total. The zero-order chi connectivity index (χ0) is 21.7. The maximum absolute atomic E-state index is 13.0. The first-order chi connectivity index (χ1) is 14.4. The molecule has 1 aromatic heterocycles. The van der Waals surface area contributed by atoms with Crippen molar-refractivity contribution >= 4 is 5.97 Å². The van der Waals surface area contributed by atoms with Gasteiger partial charge >= 0.3 is 11.7 Å². The molecule has 10 heteroatoms. The van der Waals surface area contributed by atoms with Crippen LogP contribution in [0.1, 0.15) is 21.6 Å². The van der Waals surface area contributed by atoms with E-state index in [4.69, 9.17) is 14.2 Å². The fourth-order valence-corrected chi connectivity index (χ4v) is 3.40. The molecule has 162 valence electrons. The second-order valence-corrected chi connectivity index (χ2v) is 6.87. The highest BCUT2D eigenvalue weighted by Crippen LogP contribution is 2.27. The van der Waals surface area contributed by atoms with Crippen LogP contribution in [-0.4, -0.2) is 66.0 Å². The minimum Gasteiger partial charge on any atom is -0.493 e. The number of hydrogen-bond acceptors (Lipinski definition) is 7. The third-order valence-electron chi connectivity index (χ3n) is 5.05. The van der Waals surface area contributed by atoms with E-state index in [0.29, 0.717) is 44.2 Å². The number of carbonyl (C=O) groups is 1. The molecule has 0 amide bonds. The highest BCUT2D eigenvalue weighted by molar-refractivity contribution is 5.86. The number of aryl methyl sites for hydroxylation is 1. The van der Waals surface area contributed by atoms with Crippen LogP contribution in [-0.2, 0) is 24.2 Å². The van der Waals surface area contributed by atoms with Crippen LogP contribution in [0.15, 0.2) is 27.8 Å². The molecule has 0 spiro atoms. The normalized spacial score (nSPS) is 14.5. The summed E-state index contributed by atoms with van der Waals surface area (Å²) < 4.78 is 16.8. The molecule has 0 unspecified atom stereocenters. The van der Waals surface area contributed by atoms with Crippen LogP contribution in [0, 0.1) is 0 Å². The molecule has 1 saturated heterocycles. The number of morpholine rings is 1. The third-order valence-corrected chi connectivity index (χ3v) is 5.05. The number of nitrogens with one attached hydrogen (secondary N) is 1. The lowest BCUT2D eigenvalue weighted by molar-refractivity contribution is 0.0335. The van der Waals surface area contributed by atoms with Crippen LogP contribution < -0.4 is 20.7 Å². The Morgan fingerprint density at radius 1 is 1.17 bits per heavy atom. The van der Waals surface area contributed by atoms with Gasteiger partial charge in [0.2, 0.25) is 0 Å². The molecule has 0 saturated carbocycles. The molecule has 3 rings (SSSR count). The van der Waals surface area contributed by atoms with Gasteiger partial charge in [-0.15, -0.1) is 0 Å². The topological polar surface area (TPSA) is 123 Å². The Labute approximate surface area is 172 Å². The van der Waals surface area contributed by atoms with Gasteiger partial charge in [0.15, 0.2) is 11.5 Å². The molecule has 1 aliphatic rings. The van der Waals surface area contributed by atoms with Crippen molar-refractivity contribution in [2.45, 2.75) is 19.5 Å². The molecule has 0 radical (unpaired) electrons. The van der Waals surface area contributed by atoms with Crippen molar-refractivity contribution in [2.75, 3.05) is 40.5 Å². The molecule has 1 fully saturated rings. The van der Waals surface area contributed by atoms with Crippen LogP contribution in [0.2, 0.25) is 0 Å². The van der Waals surface area contributed by atoms with Crippen molar-refractivity contribution in [3.8, 4) is 11.5 Å². The zero-order valence-corrected chi connectivity index (χ0v) is 17.0. The molecular weight excluding hydrogens is 394 g/mol. The van der Waals surface area contributed by atoms with Crippen molar-refractivity contribution in [2.24, 2.45) is 0 Å². The Morgan fingerprint density at radius 3 is 2.50 bits per heavy atom. The summed E-state index contributed by atoms with van der Waals surface area (Å²) in [6.07, 6.45) is 0.382. The van der Waals surface area contributed by atoms with E-state index in [1.807, 2.05) is 11.0 Å². The number of methoxy groups -OCH3 is 2. The fraction of sp³-hybridized carbons (Fsp3) is 0.450. The molecule has 2 aromatic rings. The summed E-state index contributed by atoms with van der Waals surface area (Å²) in [5.41, 5.74) is -0.794. The van der Waals surface area contributed by atoms with Gasteiger partial charge in [-0.25, -0.2) is 9.59 Å². The third kappa shape index (κ3) is 4.71. The number of aromatic nitrogens is 2. The first-order valence-corrected chi connectivity index (χ1v) is 9.55. The Morgan fingerprint density at radius 2 is 1.87 bits per heavy atom. The van der Waals surface area contributed by atoms with Crippen molar-refractivity contribution in [3.05, 3.63) is 55.9 Å². The Kier molecular flexibility index (Phi) is 6.91. The number of rotatable bonds is 8. The van der Waals surface area contributed by atoms with E-state index < -0.39 is 17.2 Å². The number of H-pyrrole nitrogens is 1. The summed E-state index contributed by atoms with van der Waals surface area (Å²) in [4.78, 5) is 41.3. The quantitative estimate of drug-likeness (QED) is 0.627. The fourth-order valence-electron chi connectivity index (χ4n) is 3.40. The van der Waals surface area contributed by atoms with Gasteiger partial charge in [-0.2, -0.15) is 0 Å². The maximum atomic E-state index is 13.0. The van der Waals surface area contributed by atoms with Gasteiger partial charge < -0.3 is 24.3 Å². The minimum atomic E-state index is -1.33. The predicted octanol–water partition coefficient (Wildman–Crippen LogP) is 0.327. The van der Waals surface area contributed by atoms with Gasteiger partial charge in [0.1, 0.15) is 5.69 Å². The van der Waals surface area contributed by atoms with E-state index in [0.717, 1.165) is 10.1 Å². The number of aromatic carboxylic acids is 1. The molecule has 1 aromatic carbocycles. The Balaban J connectivity index is 1.89. The molecule has 30 heavy (non-hydrogen) atoms. The standard InChI is InChI=1S/C20H25N3O7/c1-28-15-4-3-13(11-16(15)29-2)5-6-23-18(24)14(12-22-7-9-30-10-8-22)17(19(25)26)21-20(23)27/h3-4,11H,5-10,12H2,1-2H3,(H,21,27)(H,25,26). The lowest BCUT2D eigenvalue weighted by Crippen LogP contribution is -2.43. The second-order valence-electron chi connectivity index (χ2n) is 6.87. The predicted molar refractivity (Wildman–Crippen MR) is 108 cm³/mol. The van der Waals surface area contributed by atoms with Gasteiger partial charge in [-0.1, -0.05) is 6.07 Å². The van der Waals surface area contributed by atoms with Crippen LogP contribution in [0.3, 0.4) is 0 Å². The first-order valence-electron chi connectivity index (χ1n) is 9.55. The second kappa shape index (κ2) is 9.59. The highest BCUT2D eigenvalue weighted by Gasteiger charge is 2.22. The summed E-state index contributed by atoms with van der Waals surface area (Å²) in [5.74, 6) is -0.208. The van der Waals surface area contributed by atoms with Crippen LogP contribution in [0.5, 0.6) is 11.5 Å². The minimum absolute atomic E-state index is 0.0660. The summed E-state index contributed by atoms with van der Waals surface area (Å²) in [5, 5.41) is 9.46. The maximum Gasteiger partial charge on any atom is 0.352 e. The summed E-state index contributed by atoms with van der Waals surface area (Å²) in [7, 11) is 3.07. The first kappa shape index (κ1) is 21.6. The molecule has 1 aliphatic heterocycles. The molecule has 0 bridgehead atoms. The molecule has 2 N–H and O–H groups in total. The van der Waals surface area contributed by atoms with E-state index in [2.05, 4.69) is 4.98 Å². The lowest BCUT2D eigenvalue weighted by atomic mass is 10.1. The SMILES string of the molecule is COc1ccc(CCn2c(=O)[nH]c(C(=O)O)c(CN3CCOCC3)c2=O)cc1OC. The zero-order valence-electron chi connectivity index (χ0n) is 17.0. The summed E-state index contributed by atoms with van der Waals surface area (Å²) in [6.45, 7) is 2.43. The largest absolute Gasteiger partial charge is 0.493 e. The van der Waals surface area contributed by atoms with Crippen LogP contribution in [0.25, 0.3) is 0 Å². The smallest absolute Gasteiger partial charge is 0.352 e. The number of carboxylic acid groups (broad SMARTS) is 1. The van der Waals surface area contributed by atoms with Crippen LogP contribution in [0.4, 0.5) is 0 Å². The molecule has 0 atom stereocenters. The lowest BCUT2D eigenvalue weighted by Gasteiger charge is -2.26. The number of aromatic amines is 1. The van der Waals surface area contributed by atoms with Gasteiger partial charge in [-0.3, -0.25) is 14.3 Å². The van der Waals surface area contributed by atoms with Gasteiger partial charge in [0, 0.05) is 26.2 Å². The van der Waals surface area contributed by atoms with E-state index in [9.17, 15) is 19.5 Å². The number of benzene rings is 1. The number of nitrogens with zero attached hydrogens (tertiary/aromatic N) is 2. The Hall–Kier alpha value is -3.11. The number of ether oxygens (including phenoxy) is 3. The van der Waals surface area contributed by atoms with Crippen molar-refractivity contribution in [1.82, 2.24) is 14.5 Å². The van der Waals surface area contributed by atoms with Crippen LogP contribution >= 0.6 is 0 Å². The van der Waals surface area contributed by atoms with E-state index in [1.165, 1.54) is 14.2 Å². The van der Waals surface area contributed by atoms with E-state index in [-0.39, 0.29) is 24.3 Å². The average molecular weight is 419 g/mol. The van der Waals surface area contributed by atoms with Gasteiger partial charge in [-0.05, 0) is 24.1 Å². The molecule has 2 heterocycles. The van der Waals surface area contributed by atoms with E-state index in [1.54, 1.807) is 12.1 Å². The molecular formula is C20H25N3O7. The van der Waals surface area contributed by atoms with Crippen molar-refractivity contribution < 1.29 is 24.1 Å².